The van der Waals surface area contributed by atoms with Crippen molar-refractivity contribution in [1.82, 2.24) is 20.2 Å². The SMILES string of the molecule is Cc1ccc(C)n1-c1ccc([C@@H](O)CN[C@H](C)Cc2cccc(CNC(=O)O)c2)cn1. The number of aromatic nitrogens is 2. The van der Waals surface area contributed by atoms with Gasteiger partial charge in [0.05, 0.1) is 6.10 Å². The summed E-state index contributed by atoms with van der Waals surface area (Å²) >= 11 is 0. The number of aliphatic hydroxyl groups is 1. The Kier molecular flexibility index (Phi) is 7.44. The fourth-order valence-electron chi connectivity index (χ4n) is 3.66. The van der Waals surface area contributed by atoms with Crippen molar-refractivity contribution in [2.24, 2.45) is 0 Å². The van der Waals surface area contributed by atoms with E-state index in [1.165, 1.54) is 0 Å². The molecule has 0 spiro atoms. The molecule has 0 aliphatic rings. The fraction of sp³-hybridized carbons (Fsp3) is 0.333. The Labute approximate surface area is 182 Å². The van der Waals surface area contributed by atoms with Crippen LogP contribution in [0.15, 0.2) is 54.7 Å². The van der Waals surface area contributed by atoms with E-state index in [1.54, 1.807) is 6.20 Å². The van der Waals surface area contributed by atoms with Crippen molar-refractivity contribution in [2.75, 3.05) is 6.54 Å². The number of benzene rings is 1. The Morgan fingerprint density at radius 2 is 1.81 bits per heavy atom. The van der Waals surface area contributed by atoms with Crippen LogP contribution in [0, 0.1) is 13.8 Å². The minimum absolute atomic E-state index is 0.148. The third kappa shape index (κ3) is 6.16. The molecule has 4 N–H and O–H groups in total. The highest BCUT2D eigenvalue weighted by Crippen LogP contribution is 2.17. The van der Waals surface area contributed by atoms with Gasteiger partial charge in [0.25, 0.3) is 0 Å². The predicted octanol–water partition coefficient (Wildman–Crippen LogP) is 3.51. The second kappa shape index (κ2) is 10.2. The molecule has 0 fully saturated rings. The molecule has 0 aliphatic carbocycles. The van der Waals surface area contributed by atoms with Crippen molar-refractivity contribution in [3.63, 3.8) is 0 Å². The molecule has 7 heteroatoms. The van der Waals surface area contributed by atoms with Gasteiger partial charge in [0.15, 0.2) is 0 Å². The van der Waals surface area contributed by atoms with Crippen LogP contribution in [0.2, 0.25) is 0 Å². The number of nitrogens with zero attached hydrogens (tertiary/aromatic N) is 2. The van der Waals surface area contributed by atoms with Crippen molar-refractivity contribution in [3.8, 4) is 5.82 Å². The first-order chi connectivity index (χ1) is 14.8. The average Bonchev–Trinajstić information content (AvgIpc) is 3.09. The van der Waals surface area contributed by atoms with Crippen LogP contribution in [-0.2, 0) is 13.0 Å². The Balaban J connectivity index is 1.53. The maximum absolute atomic E-state index is 10.7. The summed E-state index contributed by atoms with van der Waals surface area (Å²) in [6.07, 6.45) is 0.818. The van der Waals surface area contributed by atoms with Gasteiger partial charge in [0.1, 0.15) is 5.82 Å². The second-order valence-corrected chi connectivity index (χ2v) is 7.91. The lowest BCUT2D eigenvalue weighted by Crippen LogP contribution is -2.32. The fourth-order valence-corrected chi connectivity index (χ4v) is 3.66. The Hall–Kier alpha value is -3.16. The van der Waals surface area contributed by atoms with Crippen LogP contribution in [-0.4, -0.2) is 38.4 Å². The molecular formula is C24H30N4O3. The van der Waals surface area contributed by atoms with Gasteiger partial charge in [-0.2, -0.15) is 0 Å². The monoisotopic (exact) mass is 422 g/mol. The number of aryl methyl sites for hydroxylation is 2. The molecule has 1 aromatic carbocycles. The maximum Gasteiger partial charge on any atom is 0.404 e. The van der Waals surface area contributed by atoms with Crippen LogP contribution in [0.1, 0.15) is 41.1 Å². The molecular weight excluding hydrogens is 392 g/mol. The minimum Gasteiger partial charge on any atom is -0.465 e. The smallest absolute Gasteiger partial charge is 0.404 e. The van der Waals surface area contributed by atoms with Gasteiger partial charge in [0, 0.05) is 42.3 Å². The quantitative estimate of drug-likeness (QED) is 0.423. The van der Waals surface area contributed by atoms with E-state index < -0.39 is 12.2 Å². The number of rotatable bonds is 9. The van der Waals surface area contributed by atoms with E-state index in [9.17, 15) is 9.90 Å². The maximum atomic E-state index is 10.7. The van der Waals surface area contributed by atoms with Gasteiger partial charge in [-0.25, -0.2) is 9.78 Å². The zero-order valence-electron chi connectivity index (χ0n) is 18.2. The number of nitrogens with one attached hydrogen (secondary N) is 2. The largest absolute Gasteiger partial charge is 0.465 e. The number of hydrogen-bond acceptors (Lipinski definition) is 4. The van der Waals surface area contributed by atoms with Gasteiger partial charge < -0.3 is 25.4 Å². The van der Waals surface area contributed by atoms with E-state index in [4.69, 9.17) is 5.11 Å². The molecule has 0 unspecified atom stereocenters. The first kappa shape index (κ1) is 22.5. The Bertz CT molecular complexity index is 994. The lowest BCUT2D eigenvalue weighted by Gasteiger charge is -2.18. The summed E-state index contributed by atoms with van der Waals surface area (Å²) in [7, 11) is 0. The number of carboxylic acid groups (broad SMARTS) is 1. The molecule has 3 aromatic rings. The lowest BCUT2D eigenvalue weighted by molar-refractivity contribution is 0.170. The zero-order chi connectivity index (χ0) is 22.4. The normalized spacial score (nSPS) is 13.0. The first-order valence-corrected chi connectivity index (χ1v) is 10.4. The van der Waals surface area contributed by atoms with Crippen LogP contribution >= 0.6 is 0 Å². The van der Waals surface area contributed by atoms with Gasteiger partial charge >= 0.3 is 6.09 Å². The van der Waals surface area contributed by atoms with E-state index in [1.807, 2.05) is 50.2 Å². The Morgan fingerprint density at radius 3 is 2.45 bits per heavy atom. The van der Waals surface area contributed by atoms with Gasteiger partial charge in [-0.3, -0.25) is 0 Å². The standard InChI is InChI=1S/C24H30N4O3/c1-16(11-19-5-4-6-20(12-19)13-27-24(30)31)25-15-22(29)21-9-10-23(26-14-21)28-17(2)7-8-18(28)3/h4-10,12,14,16,22,25,27,29H,11,13,15H2,1-3H3,(H,30,31)/t16-,22+/m1/s1. The summed E-state index contributed by atoms with van der Waals surface area (Å²) in [4.78, 5) is 15.2. The van der Waals surface area contributed by atoms with E-state index in [0.29, 0.717) is 6.54 Å². The zero-order valence-corrected chi connectivity index (χ0v) is 18.2. The van der Waals surface area contributed by atoms with Crippen LogP contribution < -0.4 is 10.6 Å². The van der Waals surface area contributed by atoms with E-state index in [-0.39, 0.29) is 12.6 Å². The summed E-state index contributed by atoms with van der Waals surface area (Å²) in [5.74, 6) is 0.842. The minimum atomic E-state index is -1.03. The van der Waals surface area contributed by atoms with E-state index >= 15 is 0 Å². The molecule has 7 nitrogen and oxygen atoms in total. The van der Waals surface area contributed by atoms with Crippen LogP contribution in [0.5, 0.6) is 0 Å². The summed E-state index contributed by atoms with van der Waals surface area (Å²) in [5, 5.41) is 25.0. The third-order valence-electron chi connectivity index (χ3n) is 5.29. The van der Waals surface area contributed by atoms with Crippen molar-refractivity contribution in [1.29, 1.82) is 0 Å². The van der Waals surface area contributed by atoms with Crippen molar-refractivity contribution in [3.05, 3.63) is 82.8 Å². The molecule has 0 bridgehead atoms. The third-order valence-corrected chi connectivity index (χ3v) is 5.29. The summed E-state index contributed by atoms with van der Waals surface area (Å²) < 4.78 is 2.08. The average molecular weight is 423 g/mol. The molecule has 0 radical (unpaired) electrons. The second-order valence-electron chi connectivity index (χ2n) is 7.91. The topological polar surface area (TPSA) is 99.4 Å². The van der Waals surface area contributed by atoms with Crippen LogP contribution in [0.4, 0.5) is 4.79 Å². The summed E-state index contributed by atoms with van der Waals surface area (Å²) in [6, 6.07) is 16.0. The molecule has 2 heterocycles. The van der Waals surface area contributed by atoms with Crippen LogP contribution in [0.3, 0.4) is 0 Å². The molecule has 2 atom stereocenters. The highest BCUT2D eigenvalue weighted by Gasteiger charge is 2.12. The van der Waals surface area contributed by atoms with Crippen molar-refractivity contribution < 1.29 is 15.0 Å². The number of aliphatic hydroxyl groups excluding tert-OH is 1. The summed E-state index contributed by atoms with van der Waals surface area (Å²) in [5.41, 5.74) is 5.05. The molecule has 3 rings (SSSR count). The van der Waals surface area contributed by atoms with Gasteiger partial charge in [-0.1, -0.05) is 30.3 Å². The summed E-state index contributed by atoms with van der Waals surface area (Å²) in [6.45, 7) is 6.86. The van der Waals surface area contributed by atoms with Gasteiger partial charge in [-0.05, 0) is 56.5 Å². The number of carbonyl (C=O) groups is 1. The predicted molar refractivity (Wildman–Crippen MR) is 120 cm³/mol. The highest BCUT2D eigenvalue weighted by atomic mass is 16.4. The molecule has 2 aromatic heterocycles. The first-order valence-electron chi connectivity index (χ1n) is 10.4. The lowest BCUT2D eigenvalue weighted by atomic mass is 10.0. The van der Waals surface area contributed by atoms with E-state index in [0.717, 1.165) is 40.3 Å². The van der Waals surface area contributed by atoms with Gasteiger partial charge in [-0.15, -0.1) is 0 Å². The van der Waals surface area contributed by atoms with Crippen LogP contribution in [0.25, 0.3) is 5.82 Å². The Morgan fingerprint density at radius 1 is 1.10 bits per heavy atom. The molecule has 0 saturated carbocycles. The van der Waals surface area contributed by atoms with Crippen molar-refractivity contribution in [2.45, 2.75) is 45.9 Å². The number of pyridine rings is 1. The molecule has 1 amide bonds. The molecule has 0 aliphatic heterocycles. The molecule has 31 heavy (non-hydrogen) atoms. The number of hydrogen-bond donors (Lipinski definition) is 4. The van der Waals surface area contributed by atoms with Gasteiger partial charge in [0.2, 0.25) is 0 Å². The van der Waals surface area contributed by atoms with Crippen molar-refractivity contribution >= 4 is 6.09 Å². The van der Waals surface area contributed by atoms with E-state index in [2.05, 4.69) is 39.2 Å². The number of amides is 1. The molecule has 0 saturated heterocycles. The highest BCUT2D eigenvalue weighted by molar-refractivity contribution is 5.64. The molecule has 164 valence electrons.